The largest absolute Gasteiger partial charge is 0.368 e. The van der Waals surface area contributed by atoms with E-state index in [1.54, 1.807) is 0 Å². The second kappa shape index (κ2) is 10.1. The summed E-state index contributed by atoms with van der Waals surface area (Å²) in [6.45, 7) is 6.13. The summed E-state index contributed by atoms with van der Waals surface area (Å²) >= 11 is 0. The fourth-order valence-corrected chi connectivity index (χ4v) is 4.39. The van der Waals surface area contributed by atoms with Gasteiger partial charge in [-0.3, -0.25) is 9.59 Å². The third-order valence-electron chi connectivity index (χ3n) is 6.29. The molecule has 31 heavy (non-hydrogen) atoms. The van der Waals surface area contributed by atoms with Crippen LogP contribution in [0.25, 0.3) is 11.1 Å². The molecule has 2 aliphatic heterocycles. The Hall–Kier alpha value is -2.70. The molecular weight excluding hydrogens is 390 g/mol. The molecule has 0 bridgehead atoms. The fraction of sp³-hybridized carbons (Fsp3) is 0.440. The fourth-order valence-electron chi connectivity index (χ4n) is 4.39. The average Bonchev–Trinajstić information content (AvgIpc) is 3.35. The van der Waals surface area contributed by atoms with Crippen molar-refractivity contribution in [3.8, 4) is 11.1 Å². The van der Waals surface area contributed by atoms with Crippen LogP contribution in [0, 0.1) is 0 Å². The summed E-state index contributed by atoms with van der Waals surface area (Å²) in [5, 5.41) is 3.12. The quantitative estimate of drug-likeness (QED) is 0.741. The van der Waals surface area contributed by atoms with Crippen molar-refractivity contribution in [1.29, 1.82) is 0 Å². The van der Waals surface area contributed by atoms with Crippen molar-refractivity contribution < 1.29 is 19.2 Å². The second-order valence-electron chi connectivity index (χ2n) is 8.53. The minimum atomic E-state index is -0.251. The summed E-state index contributed by atoms with van der Waals surface area (Å²) in [4.78, 5) is 28.2. The van der Waals surface area contributed by atoms with E-state index >= 15 is 0 Å². The van der Waals surface area contributed by atoms with Gasteiger partial charge in [0.05, 0.1) is 32.2 Å². The molecule has 2 fully saturated rings. The number of hydrogen-bond donors (Lipinski definition) is 2. The Labute approximate surface area is 184 Å². The average molecular weight is 423 g/mol. The molecule has 0 aliphatic carbocycles. The zero-order chi connectivity index (χ0) is 21.6. The molecule has 0 spiro atoms. The lowest BCUT2D eigenvalue weighted by molar-refractivity contribution is -0.896. The van der Waals surface area contributed by atoms with Gasteiger partial charge in [-0.25, -0.2) is 0 Å². The maximum atomic E-state index is 12.6. The number of quaternary nitrogens is 1. The van der Waals surface area contributed by atoms with Crippen molar-refractivity contribution in [3.05, 3.63) is 60.2 Å². The van der Waals surface area contributed by atoms with E-state index in [2.05, 4.69) is 41.7 Å². The highest BCUT2D eigenvalue weighted by Gasteiger charge is 2.32. The Morgan fingerprint density at radius 1 is 1.06 bits per heavy atom. The van der Waals surface area contributed by atoms with Crippen LogP contribution >= 0.6 is 0 Å². The number of nitrogens with one attached hydrogen (secondary N) is 2. The molecule has 0 unspecified atom stereocenters. The molecular formula is C25H32N3O3+. The summed E-state index contributed by atoms with van der Waals surface area (Å²) in [5.74, 6) is 0.169. The lowest BCUT2D eigenvalue weighted by Gasteiger charge is -2.33. The van der Waals surface area contributed by atoms with E-state index in [-0.39, 0.29) is 24.0 Å². The van der Waals surface area contributed by atoms with E-state index in [4.69, 9.17) is 4.74 Å². The molecule has 2 aromatic carbocycles. The maximum Gasteiger partial charge on any atom is 0.275 e. The third-order valence-corrected chi connectivity index (χ3v) is 6.29. The predicted molar refractivity (Wildman–Crippen MR) is 120 cm³/mol. The number of carbonyl (C=O) groups excluding carboxylic acids is 2. The number of benzene rings is 2. The van der Waals surface area contributed by atoms with Crippen LogP contribution in [0.1, 0.15) is 31.4 Å². The van der Waals surface area contributed by atoms with Gasteiger partial charge in [-0.1, -0.05) is 54.6 Å². The molecule has 2 heterocycles. The highest BCUT2D eigenvalue weighted by Crippen LogP contribution is 2.21. The monoisotopic (exact) mass is 422 g/mol. The lowest BCUT2D eigenvalue weighted by Crippen LogP contribution is -3.15. The predicted octanol–water partition coefficient (Wildman–Crippen LogP) is 1.44. The summed E-state index contributed by atoms with van der Waals surface area (Å²) in [6.07, 6.45) is 1.55. The zero-order valence-corrected chi connectivity index (χ0v) is 18.2. The Kier molecular flexibility index (Phi) is 6.99. The van der Waals surface area contributed by atoms with Crippen molar-refractivity contribution in [2.75, 3.05) is 39.3 Å². The van der Waals surface area contributed by atoms with Crippen LogP contribution in [-0.4, -0.2) is 62.1 Å². The first-order chi connectivity index (χ1) is 15.1. The molecule has 2 amide bonds. The van der Waals surface area contributed by atoms with Crippen LogP contribution < -0.4 is 10.2 Å². The van der Waals surface area contributed by atoms with Gasteiger partial charge in [-0.05, 0) is 36.5 Å². The molecule has 6 nitrogen and oxygen atoms in total. The highest BCUT2D eigenvalue weighted by molar-refractivity contribution is 5.81. The van der Waals surface area contributed by atoms with Gasteiger partial charge in [0.1, 0.15) is 6.10 Å². The van der Waals surface area contributed by atoms with Crippen molar-refractivity contribution >= 4 is 11.8 Å². The highest BCUT2D eigenvalue weighted by atomic mass is 16.5. The topological polar surface area (TPSA) is 63.1 Å². The van der Waals surface area contributed by atoms with E-state index in [0.29, 0.717) is 26.2 Å². The molecule has 2 aromatic rings. The van der Waals surface area contributed by atoms with E-state index in [9.17, 15) is 9.59 Å². The summed E-state index contributed by atoms with van der Waals surface area (Å²) in [7, 11) is 0. The summed E-state index contributed by atoms with van der Waals surface area (Å²) < 4.78 is 5.52. The SMILES string of the molecule is C[C@H](NC(=O)C[NH+]1CCN(C(=O)[C@H]2CCCO2)CC1)c1ccc(-c2ccccc2)cc1. The zero-order valence-electron chi connectivity index (χ0n) is 18.2. The second-order valence-corrected chi connectivity index (χ2v) is 8.53. The number of rotatable bonds is 6. The van der Waals surface area contributed by atoms with Gasteiger partial charge in [0, 0.05) is 6.61 Å². The lowest BCUT2D eigenvalue weighted by atomic mass is 10.0. The van der Waals surface area contributed by atoms with Crippen LogP contribution in [0.3, 0.4) is 0 Å². The Balaban J connectivity index is 1.23. The Morgan fingerprint density at radius 3 is 2.39 bits per heavy atom. The van der Waals surface area contributed by atoms with Crippen LogP contribution in [0.2, 0.25) is 0 Å². The van der Waals surface area contributed by atoms with Crippen LogP contribution in [-0.2, 0) is 14.3 Å². The van der Waals surface area contributed by atoms with Gasteiger partial charge in [0.25, 0.3) is 11.8 Å². The molecule has 0 radical (unpaired) electrons. The number of amides is 2. The van der Waals surface area contributed by atoms with Crippen molar-refractivity contribution in [2.45, 2.75) is 31.9 Å². The smallest absolute Gasteiger partial charge is 0.275 e. The number of ether oxygens (including phenoxy) is 1. The molecule has 2 N–H and O–H groups in total. The molecule has 0 aromatic heterocycles. The van der Waals surface area contributed by atoms with Gasteiger partial charge >= 0.3 is 0 Å². The number of hydrogen-bond acceptors (Lipinski definition) is 3. The van der Waals surface area contributed by atoms with Gasteiger partial charge in [0.15, 0.2) is 6.54 Å². The minimum Gasteiger partial charge on any atom is -0.368 e. The van der Waals surface area contributed by atoms with E-state index in [1.165, 1.54) is 16.0 Å². The molecule has 2 atom stereocenters. The molecule has 164 valence electrons. The first-order valence-corrected chi connectivity index (χ1v) is 11.3. The minimum absolute atomic E-state index is 0.0425. The van der Waals surface area contributed by atoms with Crippen molar-refractivity contribution in [3.63, 3.8) is 0 Å². The molecule has 2 aliphatic rings. The Morgan fingerprint density at radius 2 is 1.74 bits per heavy atom. The normalized spacial score (nSPS) is 20.4. The first-order valence-electron chi connectivity index (χ1n) is 11.3. The molecule has 2 saturated heterocycles. The first kappa shape index (κ1) is 21.5. The van der Waals surface area contributed by atoms with Crippen LogP contribution in [0.4, 0.5) is 0 Å². The van der Waals surface area contributed by atoms with Crippen LogP contribution in [0.5, 0.6) is 0 Å². The number of nitrogens with zero attached hydrogens (tertiary/aromatic N) is 1. The third kappa shape index (κ3) is 5.51. The van der Waals surface area contributed by atoms with Gasteiger partial charge in [-0.15, -0.1) is 0 Å². The Bertz CT molecular complexity index is 871. The summed E-state index contributed by atoms with van der Waals surface area (Å²) in [5.41, 5.74) is 3.45. The van der Waals surface area contributed by atoms with Crippen LogP contribution in [0.15, 0.2) is 54.6 Å². The van der Waals surface area contributed by atoms with E-state index < -0.39 is 0 Å². The number of carbonyl (C=O) groups is 2. The standard InChI is InChI=1S/C25H31N3O3/c1-19(20-9-11-22(12-10-20)21-6-3-2-4-7-21)26-24(29)18-27-13-15-28(16-14-27)25(30)23-8-5-17-31-23/h2-4,6-7,9-12,19,23H,5,8,13-18H2,1H3,(H,26,29)/p+1/t19-,23+/m0/s1. The van der Waals surface area contributed by atoms with Gasteiger partial charge < -0.3 is 19.9 Å². The molecule has 0 saturated carbocycles. The molecule has 6 heteroatoms. The van der Waals surface area contributed by atoms with E-state index in [1.807, 2.05) is 30.0 Å². The number of piperazine rings is 1. The molecule has 4 rings (SSSR count). The summed E-state index contributed by atoms with van der Waals surface area (Å²) in [6, 6.07) is 18.6. The maximum absolute atomic E-state index is 12.6. The van der Waals surface area contributed by atoms with E-state index in [0.717, 1.165) is 31.5 Å². The van der Waals surface area contributed by atoms with Gasteiger partial charge in [0.2, 0.25) is 0 Å². The van der Waals surface area contributed by atoms with Gasteiger partial charge in [-0.2, -0.15) is 0 Å². The van der Waals surface area contributed by atoms with Crippen molar-refractivity contribution in [1.82, 2.24) is 10.2 Å². The van der Waals surface area contributed by atoms with Crippen molar-refractivity contribution in [2.24, 2.45) is 0 Å².